The molecule has 3 heterocycles. The number of halogens is 1. The Morgan fingerprint density at radius 3 is 2.59 bits per heavy atom. The van der Waals surface area contributed by atoms with Crippen LogP contribution >= 0.6 is 27.3 Å². The highest BCUT2D eigenvalue weighted by Crippen LogP contribution is 2.33. The third kappa shape index (κ3) is 4.46. The molecule has 0 saturated carbocycles. The van der Waals surface area contributed by atoms with E-state index in [0.717, 1.165) is 41.1 Å². The Morgan fingerprint density at radius 1 is 1.25 bits per heavy atom. The summed E-state index contributed by atoms with van der Waals surface area (Å²) in [5.41, 5.74) is 1.20. The van der Waals surface area contributed by atoms with Gasteiger partial charge in [-0.05, 0) is 84.8 Å². The maximum atomic E-state index is 13.3. The predicted molar refractivity (Wildman–Crippen MR) is 130 cm³/mol. The Hall–Kier alpha value is -1.88. The second kappa shape index (κ2) is 9.17. The van der Waals surface area contributed by atoms with Crippen LogP contribution in [0, 0.1) is 0 Å². The van der Waals surface area contributed by atoms with Gasteiger partial charge in [-0.3, -0.25) is 4.79 Å². The van der Waals surface area contributed by atoms with E-state index in [1.807, 2.05) is 11.9 Å². The Kier molecular flexibility index (Phi) is 6.67. The van der Waals surface area contributed by atoms with Crippen LogP contribution in [0.15, 0.2) is 44.5 Å². The predicted octanol–water partition coefficient (Wildman–Crippen LogP) is 3.81. The minimum absolute atomic E-state index is 0.0160. The topological polar surface area (TPSA) is 71.8 Å². The van der Waals surface area contributed by atoms with Crippen LogP contribution in [0.25, 0.3) is 10.9 Å². The largest absolute Gasteiger partial charge is 0.497 e. The van der Waals surface area contributed by atoms with Gasteiger partial charge in [0.05, 0.1) is 22.8 Å². The molecule has 0 aliphatic carbocycles. The molecule has 1 amide bonds. The number of rotatable bonds is 6. The molecule has 0 spiro atoms. The van der Waals surface area contributed by atoms with Gasteiger partial charge in [0.15, 0.2) is 0 Å². The molecule has 0 radical (unpaired) electrons. The fraction of sp³-hybridized carbons (Fsp3) is 0.409. The van der Waals surface area contributed by atoms with Crippen molar-refractivity contribution in [3.63, 3.8) is 0 Å². The zero-order valence-corrected chi connectivity index (χ0v) is 21.5. The van der Waals surface area contributed by atoms with Gasteiger partial charge >= 0.3 is 0 Å². The number of fused-ring (bicyclic) bond motifs is 1. The fourth-order valence-corrected chi connectivity index (χ4v) is 7.61. The number of hydrogen-bond donors (Lipinski definition) is 0. The molecule has 0 bridgehead atoms. The number of ether oxygens (including phenoxy) is 1. The number of benzene rings is 1. The molecular weight excluding hydrogens is 514 g/mol. The number of piperidine rings is 1. The molecule has 2 aromatic heterocycles. The van der Waals surface area contributed by atoms with Gasteiger partial charge in [-0.1, -0.05) is 0 Å². The molecular formula is C22H26BrN3O4S2. The van der Waals surface area contributed by atoms with Crippen molar-refractivity contribution in [3.05, 3.63) is 45.9 Å². The number of thiophene rings is 1. The molecule has 1 fully saturated rings. The van der Waals surface area contributed by atoms with E-state index in [2.05, 4.69) is 27.9 Å². The van der Waals surface area contributed by atoms with Gasteiger partial charge in [0.25, 0.3) is 10.0 Å². The number of likely N-dealkylation sites (tertiary alicyclic amines) is 1. The second-order valence-electron chi connectivity index (χ2n) is 8.11. The van der Waals surface area contributed by atoms with Gasteiger partial charge in [-0.15, -0.1) is 11.3 Å². The van der Waals surface area contributed by atoms with Crippen molar-refractivity contribution in [2.45, 2.75) is 29.5 Å². The quantitative estimate of drug-likeness (QED) is 0.476. The first-order valence-corrected chi connectivity index (χ1v) is 13.4. The van der Waals surface area contributed by atoms with Crippen LogP contribution in [0.2, 0.25) is 0 Å². The summed E-state index contributed by atoms with van der Waals surface area (Å²) in [6.45, 7) is 1.93. The minimum Gasteiger partial charge on any atom is -0.497 e. The lowest BCUT2D eigenvalue weighted by atomic mass is 10.0. The second-order valence-corrected chi connectivity index (χ2v) is 12.6. The molecule has 172 valence electrons. The summed E-state index contributed by atoms with van der Waals surface area (Å²) < 4.78 is 34.3. The van der Waals surface area contributed by atoms with Crippen molar-refractivity contribution in [3.8, 4) is 5.75 Å². The molecule has 4 rings (SSSR count). The summed E-state index contributed by atoms with van der Waals surface area (Å²) in [5, 5.41) is 0.702. The van der Waals surface area contributed by atoms with E-state index in [4.69, 9.17) is 4.74 Å². The maximum Gasteiger partial charge on any atom is 0.277 e. The minimum atomic E-state index is -3.79. The van der Waals surface area contributed by atoms with Crippen LogP contribution < -0.4 is 4.74 Å². The highest BCUT2D eigenvalue weighted by atomic mass is 79.9. The molecule has 0 N–H and O–H groups in total. The van der Waals surface area contributed by atoms with Crippen molar-refractivity contribution in [1.82, 2.24) is 13.8 Å². The zero-order chi connectivity index (χ0) is 23.0. The number of likely N-dealkylation sites (N-methyl/N-ethyl adjacent to an activating group) is 1. The zero-order valence-electron chi connectivity index (χ0n) is 18.2. The smallest absolute Gasteiger partial charge is 0.277 e. The number of methoxy groups -OCH3 is 1. The van der Waals surface area contributed by atoms with Crippen molar-refractivity contribution in [2.75, 3.05) is 34.3 Å². The first-order chi connectivity index (χ1) is 15.2. The Bertz CT molecular complexity index is 1240. The molecule has 0 atom stereocenters. The lowest BCUT2D eigenvalue weighted by Crippen LogP contribution is -2.44. The Labute approximate surface area is 200 Å². The van der Waals surface area contributed by atoms with Gasteiger partial charge in [0, 0.05) is 24.7 Å². The normalized spacial score (nSPS) is 15.9. The third-order valence-corrected chi connectivity index (χ3v) is 9.86. The molecule has 7 nitrogen and oxygen atoms in total. The molecule has 1 aromatic carbocycles. The van der Waals surface area contributed by atoms with Crippen molar-refractivity contribution < 1.29 is 17.9 Å². The van der Waals surface area contributed by atoms with E-state index < -0.39 is 10.0 Å². The van der Waals surface area contributed by atoms with E-state index in [0.29, 0.717) is 22.2 Å². The van der Waals surface area contributed by atoms with Gasteiger partial charge in [0.2, 0.25) is 5.91 Å². The van der Waals surface area contributed by atoms with Gasteiger partial charge in [0.1, 0.15) is 9.96 Å². The van der Waals surface area contributed by atoms with Crippen molar-refractivity contribution in [2.24, 2.45) is 0 Å². The van der Waals surface area contributed by atoms with Crippen LogP contribution in [0.1, 0.15) is 18.4 Å². The SMILES string of the molecule is COc1ccc2c(c1)c(CC(=O)N(C)C1CCN(C)CC1)cn2S(=O)(=O)c1ccc(Br)s1. The number of nitrogens with zero attached hydrogens (tertiary/aromatic N) is 3. The standard InChI is InChI=1S/C22H26BrN3O4S2/c1-24-10-8-16(9-11-24)25(2)21(27)12-15-14-26(19-5-4-17(30-3)13-18(15)19)32(28,29)22-7-6-20(23)31-22/h4-7,13-14,16H,8-12H2,1-3H3. The summed E-state index contributed by atoms with van der Waals surface area (Å²) in [4.78, 5) is 17.2. The van der Waals surface area contributed by atoms with Gasteiger partial charge < -0.3 is 14.5 Å². The lowest BCUT2D eigenvalue weighted by Gasteiger charge is -2.35. The van der Waals surface area contributed by atoms with E-state index >= 15 is 0 Å². The summed E-state index contributed by atoms with van der Waals surface area (Å²) >= 11 is 4.49. The van der Waals surface area contributed by atoms with E-state index in [1.54, 1.807) is 43.6 Å². The molecule has 1 saturated heterocycles. The van der Waals surface area contributed by atoms with Crippen molar-refractivity contribution >= 4 is 54.1 Å². The van der Waals surface area contributed by atoms with Crippen molar-refractivity contribution in [1.29, 1.82) is 0 Å². The molecule has 32 heavy (non-hydrogen) atoms. The molecule has 10 heteroatoms. The fourth-order valence-electron chi connectivity index (χ4n) is 4.12. The van der Waals surface area contributed by atoms with Crippen LogP contribution in [0.3, 0.4) is 0 Å². The summed E-state index contributed by atoms with van der Waals surface area (Å²) in [6.07, 6.45) is 3.59. The van der Waals surface area contributed by atoms with E-state index in [-0.39, 0.29) is 22.6 Å². The van der Waals surface area contributed by atoms with Crippen LogP contribution in [0.4, 0.5) is 0 Å². The number of hydrogen-bond acceptors (Lipinski definition) is 6. The average molecular weight is 541 g/mol. The van der Waals surface area contributed by atoms with Crippen LogP contribution in [-0.4, -0.2) is 68.4 Å². The summed E-state index contributed by atoms with van der Waals surface area (Å²) in [7, 11) is 1.71. The highest BCUT2D eigenvalue weighted by Gasteiger charge is 2.27. The molecule has 1 aliphatic rings. The van der Waals surface area contributed by atoms with Gasteiger partial charge in [-0.25, -0.2) is 3.97 Å². The maximum absolute atomic E-state index is 13.3. The van der Waals surface area contributed by atoms with Gasteiger partial charge in [-0.2, -0.15) is 8.42 Å². The summed E-state index contributed by atoms with van der Waals surface area (Å²) in [6, 6.07) is 8.75. The molecule has 0 unspecified atom stereocenters. The number of aromatic nitrogens is 1. The van der Waals surface area contributed by atoms with Crippen LogP contribution in [-0.2, 0) is 21.2 Å². The number of carbonyl (C=O) groups excluding carboxylic acids is 1. The molecule has 3 aromatic rings. The average Bonchev–Trinajstić information content (AvgIpc) is 3.38. The Morgan fingerprint density at radius 2 is 1.97 bits per heavy atom. The highest BCUT2D eigenvalue weighted by molar-refractivity contribution is 9.11. The summed E-state index contributed by atoms with van der Waals surface area (Å²) in [5.74, 6) is 0.599. The lowest BCUT2D eigenvalue weighted by molar-refractivity contribution is -0.132. The Balaban J connectivity index is 1.70. The number of carbonyl (C=O) groups is 1. The number of amides is 1. The molecule has 1 aliphatic heterocycles. The first kappa shape index (κ1) is 23.3. The third-order valence-electron chi connectivity index (χ3n) is 6.09. The van der Waals surface area contributed by atoms with E-state index in [1.165, 1.54) is 3.97 Å². The van der Waals surface area contributed by atoms with Crippen LogP contribution in [0.5, 0.6) is 5.75 Å². The first-order valence-electron chi connectivity index (χ1n) is 10.3. The van der Waals surface area contributed by atoms with E-state index in [9.17, 15) is 13.2 Å². The monoisotopic (exact) mass is 539 g/mol.